The van der Waals surface area contributed by atoms with E-state index in [-0.39, 0.29) is 5.69 Å². The molecule has 0 saturated carbocycles. The Balaban J connectivity index is 1.85. The van der Waals surface area contributed by atoms with Crippen molar-refractivity contribution in [1.82, 2.24) is 15.0 Å². The monoisotopic (exact) mass is 251 g/mol. The minimum Gasteiger partial charge on any atom is -0.354 e. The fourth-order valence-electron chi connectivity index (χ4n) is 1.16. The Bertz CT molecular complexity index is 485. The normalized spacial score (nSPS) is 10.1. The van der Waals surface area contributed by atoms with Crippen LogP contribution < -0.4 is 5.32 Å². The number of nitro groups is 1. The number of nitrogens with one attached hydrogen (secondary N) is 1. The molecule has 0 spiro atoms. The van der Waals surface area contributed by atoms with Crippen LogP contribution in [-0.4, -0.2) is 26.4 Å². The van der Waals surface area contributed by atoms with Crippen molar-refractivity contribution in [2.45, 2.75) is 6.42 Å². The van der Waals surface area contributed by atoms with Crippen molar-refractivity contribution in [2.24, 2.45) is 0 Å². The highest BCUT2D eigenvalue weighted by atomic mass is 32.1. The molecule has 2 aromatic heterocycles. The third-order valence-electron chi connectivity index (χ3n) is 1.95. The Labute approximate surface area is 101 Å². The molecule has 88 valence electrons. The summed E-state index contributed by atoms with van der Waals surface area (Å²) in [6.45, 7) is 0.644. The van der Waals surface area contributed by atoms with Gasteiger partial charge in [0.15, 0.2) is 0 Å². The maximum Gasteiger partial charge on any atom is 0.305 e. The topological polar surface area (TPSA) is 93.8 Å². The number of rotatable bonds is 5. The van der Waals surface area contributed by atoms with E-state index in [9.17, 15) is 10.1 Å². The lowest BCUT2D eigenvalue weighted by molar-refractivity contribution is -0.385. The lowest BCUT2D eigenvalue weighted by Gasteiger charge is -2.01. The molecule has 7 nitrogen and oxygen atoms in total. The molecule has 0 fully saturated rings. The van der Waals surface area contributed by atoms with Crippen LogP contribution in [0.5, 0.6) is 0 Å². The van der Waals surface area contributed by atoms with Crippen LogP contribution >= 0.6 is 11.3 Å². The Morgan fingerprint density at radius 3 is 2.71 bits per heavy atom. The fourth-order valence-corrected chi connectivity index (χ4v) is 1.78. The average molecular weight is 251 g/mol. The summed E-state index contributed by atoms with van der Waals surface area (Å²) in [6.07, 6.45) is 4.89. The Morgan fingerprint density at radius 1 is 1.35 bits per heavy atom. The lowest BCUT2D eigenvalue weighted by Crippen LogP contribution is -2.07. The molecule has 2 aromatic rings. The number of nitrogens with zero attached hydrogens (tertiary/aromatic N) is 4. The van der Waals surface area contributed by atoms with E-state index in [1.807, 2.05) is 5.38 Å². The van der Waals surface area contributed by atoms with Gasteiger partial charge in [0, 0.05) is 24.5 Å². The van der Waals surface area contributed by atoms with Crippen LogP contribution in [0.15, 0.2) is 24.0 Å². The van der Waals surface area contributed by atoms with Crippen LogP contribution in [-0.2, 0) is 6.42 Å². The zero-order valence-corrected chi connectivity index (χ0v) is 9.55. The molecule has 0 saturated heterocycles. The zero-order valence-electron chi connectivity index (χ0n) is 8.74. The van der Waals surface area contributed by atoms with Crippen molar-refractivity contribution in [3.05, 3.63) is 39.1 Å². The van der Waals surface area contributed by atoms with E-state index in [0.717, 1.165) is 11.4 Å². The molecule has 0 bridgehead atoms. The first-order chi connectivity index (χ1) is 8.25. The lowest BCUT2D eigenvalue weighted by atomic mass is 10.4. The third kappa shape index (κ3) is 3.18. The highest BCUT2D eigenvalue weighted by molar-refractivity contribution is 7.09. The number of anilines is 1. The fraction of sp³-hybridized carbons (Fsp3) is 0.222. The van der Waals surface area contributed by atoms with Gasteiger partial charge in [-0.3, -0.25) is 10.1 Å². The molecule has 0 aliphatic heterocycles. The quantitative estimate of drug-likeness (QED) is 0.639. The highest BCUT2D eigenvalue weighted by Gasteiger charge is 2.06. The summed E-state index contributed by atoms with van der Waals surface area (Å²) in [5.74, 6) is 0.382. The Hall–Kier alpha value is -2.09. The summed E-state index contributed by atoms with van der Waals surface area (Å²) in [5.41, 5.74) is -0.115. The maximum absolute atomic E-state index is 10.4. The van der Waals surface area contributed by atoms with E-state index in [0.29, 0.717) is 12.5 Å². The van der Waals surface area contributed by atoms with Crippen molar-refractivity contribution in [3.63, 3.8) is 0 Å². The summed E-state index contributed by atoms with van der Waals surface area (Å²) in [4.78, 5) is 21.7. The van der Waals surface area contributed by atoms with Gasteiger partial charge in [-0.05, 0) is 0 Å². The van der Waals surface area contributed by atoms with Gasteiger partial charge in [0.25, 0.3) is 0 Å². The number of thiazole rings is 1. The standard InChI is InChI=1S/C9H9N5O2S/c15-14(16)7-5-12-9(13-6-7)11-2-1-8-10-3-4-17-8/h3-6H,1-2H2,(H,11,12,13). The van der Waals surface area contributed by atoms with Gasteiger partial charge in [-0.2, -0.15) is 0 Å². The van der Waals surface area contributed by atoms with Gasteiger partial charge in [0.2, 0.25) is 5.95 Å². The minimum atomic E-state index is -0.528. The molecule has 0 unspecified atom stereocenters. The minimum absolute atomic E-state index is 0.115. The van der Waals surface area contributed by atoms with Crippen LogP contribution in [0.3, 0.4) is 0 Å². The molecule has 0 atom stereocenters. The SMILES string of the molecule is O=[N+]([O-])c1cnc(NCCc2nccs2)nc1. The van der Waals surface area contributed by atoms with Crippen LogP contribution in [0.25, 0.3) is 0 Å². The number of hydrogen-bond acceptors (Lipinski definition) is 7. The van der Waals surface area contributed by atoms with Crippen molar-refractivity contribution in [3.8, 4) is 0 Å². The molecule has 0 aliphatic rings. The van der Waals surface area contributed by atoms with Gasteiger partial charge in [-0.25, -0.2) is 15.0 Å². The molecule has 0 radical (unpaired) electrons. The first-order valence-corrected chi connectivity index (χ1v) is 5.72. The summed E-state index contributed by atoms with van der Waals surface area (Å²) in [6, 6.07) is 0. The van der Waals surface area contributed by atoms with Crippen molar-refractivity contribution in [2.75, 3.05) is 11.9 Å². The molecule has 17 heavy (non-hydrogen) atoms. The van der Waals surface area contributed by atoms with Gasteiger partial charge in [-0.15, -0.1) is 11.3 Å². The van der Waals surface area contributed by atoms with Crippen LogP contribution in [0, 0.1) is 10.1 Å². The predicted octanol–water partition coefficient (Wildman–Crippen LogP) is 1.50. The molecular formula is C9H9N5O2S. The van der Waals surface area contributed by atoms with Crippen LogP contribution in [0.2, 0.25) is 0 Å². The van der Waals surface area contributed by atoms with Gasteiger partial charge < -0.3 is 5.32 Å². The first kappa shape index (κ1) is 11.4. The third-order valence-corrected chi connectivity index (χ3v) is 2.79. The zero-order chi connectivity index (χ0) is 12.1. The Kier molecular flexibility index (Phi) is 3.55. The largest absolute Gasteiger partial charge is 0.354 e. The van der Waals surface area contributed by atoms with Crippen molar-refractivity contribution < 1.29 is 4.92 Å². The van der Waals surface area contributed by atoms with E-state index in [2.05, 4.69) is 20.3 Å². The summed E-state index contributed by atoms with van der Waals surface area (Å²) in [7, 11) is 0. The number of aromatic nitrogens is 3. The van der Waals surface area contributed by atoms with E-state index in [1.165, 1.54) is 12.4 Å². The molecule has 2 rings (SSSR count). The van der Waals surface area contributed by atoms with Gasteiger partial charge in [0.1, 0.15) is 12.4 Å². The van der Waals surface area contributed by atoms with Crippen molar-refractivity contribution in [1.29, 1.82) is 0 Å². The molecule has 0 aromatic carbocycles. The van der Waals surface area contributed by atoms with Gasteiger partial charge in [0.05, 0.1) is 9.93 Å². The predicted molar refractivity (Wildman–Crippen MR) is 63.0 cm³/mol. The van der Waals surface area contributed by atoms with Crippen molar-refractivity contribution >= 4 is 23.0 Å². The second-order valence-corrected chi connectivity index (χ2v) is 4.10. The van der Waals surface area contributed by atoms with E-state index in [1.54, 1.807) is 17.5 Å². The molecule has 0 aliphatic carbocycles. The molecule has 2 heterocycles. The Morgan fingerprint density at radius 2 is 2.12 bits per heavy atom. The molecule has 1 N–H and O–H groups in total. The maximum atomic E-state index is 10.4. The average Bonchev–Trinajstić information content (AvgIpc) is 2.83. The second kappa shape index (κ2) is 5.30. The summed E-state index contributed by atoms with van der Waals surface area (Å²) >= 11 is 1.58. The van der Waals surface area contributed by atoms with E-state index < -0.39 is 4.92 Å². The summed E-state index contributed by atoms with van der Waals surface area (Å²) in [5, 5.41) is 16.3. The highest BCUT2D eigenvalue weighted by Crippen LogP contribution is 2.08. The first-order valence-electron chi connectivity index (χ1n) is 4.84. The van der Waals surface area contributed by atoms with E-state index >= 15 is 0 Å². The van der Waals surface area contributed by atoms with Crippen LogP contribution in [0.1, 0.15) is 5.01 Å². The smallest absolute Gasteiger partial charge is 0.305 e. The van der Waals surface area contributed by atoms with Gasteiger partial charge >= 0.3 is 5.69 Å². The van der Waals surface area contributed by atoms with Crippen LogP contribution in [0.4, 0.5) is 11.6 Å². The number of hydrogen-bond donors (Lipinski definition) is 1. The molecule has 8 heteroatoms. The summed E-state index contributed by atoms with van der Waals surface area (Å²) < 4.78 is 0. The van der Waals surface area contributed by atoms with E-state index in [4.69, 9.17) is 0 Å². The molecule has 0 amide bonds. The second-order valence-electron chi connectivity index (χ2n) is 3.12. The van der Waals surface area contributed by atoms with Gasteiger partial charge in [-0.1, -0.05) is 0 Å². The molecular weight excluding hydrogens is 242 g/mol.